The van der Waals surface area contributed by atoms with Gasteiger partial charge in [-0.15, -0.1) is 0 Å². The number of amides is 2. The zero-order valence-corrected chi connectivity index (χ0v) is 15.5. The standard InChI is InChI=1S/C19H17BrFNO3/c1-19(13-3-5-14(20)6-4-13)10-17(23)22(18(19)24)11-12-9-15(21)7-8-16(12)25-2/h3-9H,10-11H2,1-2H3. The lowest BCUT2D eigenvalue weighted by molar-refractivity contribution is -0.140. The summed E-state index contributed by atoms with van der Waals surface area (Å²) >= 11 is 3.37. The van der Waals surface area contributed by atoms with Crippen LogP contribution in [0.1, 0.15) is 24.5 Å². The average Bonchev–Trinajstić information content (AvgIpc) is 2.80. The van der Waals surface area contributed by atoms with Crippen molar-refractivity contribution in [1.29, 1.82) is 0 Å². The topological polar surface area (TPSA) is 46.6 Å². The van der Waals surface area contributed by atoms with Crippen molar-refractivity contribution in [2.24, 2.45) is 0 Å². The first-order chi connectivity index (χ1) is 11.8. The molecule has 25 heavy (non-hydrogen) atoms. The van der Waals surface area contributed by atoms with E-state index in [9.17, 15) is 14.0 Å². The van der Waals surface area contributed by atoms with Crippen LogP contribution in [0.3, 0.4) is 0 Å². The summed E-state index contributed by atoms with van der Waals surface area (Å²) < 4.78 is 19.7. The number of halogens is 2. The Labute approximate surface area is 153 Å². The molecule has 0 bridgehead atoms. The Kier molecular flexibility index (Phi) is 4.64. The molecule has 1 saturated heterocycles. The summed E-state index contributed by atoms with van der Waals surface area (Å²) in [7, 11) is 1.47. The molecule has 1 aliphatic heterocycles. The van der Waals surface area contributed by atoms with Gasteiger partial charge < -0.3 is 4.74 Å². The number of nitrogens with zero attached hydrogens (tertiary/aromatic N) is 1. The predicted molar refractivity (Wildman–Crippen MR) is 94.6 cm³/mol. The maximum atomic E-state index is 13.6. The van der Waals surface area contributed by atoms with Crippen molar-refractivity contribution in [3.8, 4) is 5.75 Å². The van der Waals surface area contributed by atoms with E-state index in [-0.39, 0.29) is 24.8 Å². The normalized spacial score (nSPS) is 20.2. The molecule has 6 heteroatoms. The van der Waals surface area contributed by atoms with E-state index in [1.54, 1.807) is 6.92 Å². The number of hydrogen-bond acceptors (Lipinski definition) is 3. The number of ether oxygens (including phenoxy) is 1. The van der Waals surface area contributed by atoms with E-state index < -0.39 is 11.2 Å². The minimum absolute atomic E-state index is 0.00921. The summed E-state index contributed by atoms with van der Waals surface area (Å²) in [6.07, 6.45) is 0.0884. The quantitative estimate of drug-likeness (QED) is 0.726. The molecule has 3 rings (SSSR count). The largest absolute Gasteiger partial charge is 0.496 e. The van der Waals surface area contributed by atoms with E-state index in [1.807, 2.05) is 24.3 Å². The van der Waals surface area contributed by atoms with Crippen LogP contribution in [-0.2, 0) is 21.5 Å². The van der Waals surface area contributed by atoms with Crippen LogP contribution in [0.4, 0.5) is 4.39 Å². The van der Waals surface area contributed by atoms with E-state index >= 15 is 0 Å². The van der Waals surface area contributed by atoms with Gasteiger partial charge in [0.1, 0.15) is 11.6 Å². The molecular formula is C19H17BrFNO3. The van der Waals surface area contributed by atoms with Gasteiger partial charge in [-0.3, -0.25) is 14.5 Å². The smallest absolute Gasteiger partial charge is 0.240 e. The Balaban J connectivity index is 1.92. The zero-order chi connectivity index (χ0) is 18.2. The Hall–Kier alpha value is -2.21. The third-order valence-electron chi connectivity index (χ3n) is 4.58. The highest BCUT2D eigenvalue weighted by atomic mass is 79.9. The molecule has 2 amide bonds. The number of hydrogen-bond donors (Lipinski definition) is 0. The molecule has 1 aliphatic rings. The molecule has 130 valence electrons. The van der Waals surface area contributed by atoms with Gasteiger partial charge in [-0.05, 0) is 42.8 Å². The maximum absolute atomic E-state index is 13.6. The molecule has 2 aromatic rings. The fourth-order valence-corrected chi connectivity index (χ4v) is 3.39. The van der Waals surface area contributed by atoms with Crippen LogP contribution in [0, 0.1) is 5.82 Å². The first-order valence-electron chi connectivity index (χ1n) is 7.78. The number of methoxy groups -OCH3 is 1. The lowest BCUT2D eigenvalue weighted by Gasteiger charge is -2.23. The second kappa shape index (κ2) is 6.59. The number of rotatable bonds is 4. The first-order valence-corrected chi connectivity index (χ1v) is 8.58. The third kappa shape index (κ3) is 3.18. The summed E-state index contributed by atoms with van der Waals surface area (Å²) in [5.74, 6) is -0.558. The fourth-order valence-electron chi connectivity index (χ4n) is 3.13. The van der Waals surface area contributed by atoms with Gasteiger partial charge in [0.25, 0.3) is 0 Å². The van der Waals surface area contributed by atoms with Crippen LogP contribution < -0.4 is 4.74 Å². The summed E-state index contributed by atoms with van der Waals surface area (Å²) in [6, 6.07) is 11.4. The number of imide groups is 1. The molecule has 0 aliphatic carbocycles. The Morgan fingerprint density at radius 1 is 1.20 bits per heavy atom. The number of likely N-dealkylation sites (tertiary alicyclic amines) is 1. The Morgan fingerprint density at radius 3 is 2.52 bits per heavy atom. The highest BCUT2D eigenvalue weighted by molar-refractivity contribution is 9.10. The van der Waals surface area contributed by atoms with Crippen LogP contribution >= 0.6 is 15.9 Å². The molecule has 1 unspecified atom stereocenters. The van der Waals surface area contributed by atoms with Gasteiger partial charge in [-0.1, -0.05) is 28.1 Å². The SMILES string of the molecule is COc1ccc(F)cc1CN1C(=O)CC(C)(c2ccc(Br)cc2)C1=O. The van der Waals surface area contributed by atoms with E-state index in [0.29, 0.717) is 11.3 Å². The van der Waals surface area contributed by atoms with Crippen LogP contribution in [-0.4, -0.2) is 23.8 Å². The van der Waals surface area contributed by atoms with Crippen molar-refractivity contribution in [3.05, 3.63) is 63.9 Å². The maximum Gasteiger partial charge on any atom is 0.240 e. The molecule has 1 fully saturated rings. The summed E-state index contributed by atoms with van der Waals surface area (Å²) in [4.78, 5) is 26.6. The molecule has 0 saturated carbocycles. The number of benzene rings is 2. The van der Waals surface area contributed by atoms with Crippen molar-refractivity contribution in [1.82, 2.24) is 4.90 Å². The van der Waals surface area contributed by atoms with E-state index in [0.717, 1.165) is 10.0 Å². The Bertz CT molecular complexity index is 837. The highest BCUT2D eigenvalue weighted by Crippen LogP contribution is 2.38. The molecule has 0 radical (unpaired) electrons. The van der Waals surface area contributed by atoms with Gasteiger partial charge in [-0.25, -0.2) is 4.39 Å². The minimum atomic E-state index is -0.918. The summed E-state index contributed by atoms with van der Waals surface area (Å²) in [5, 5.41) is 0. The summed E-state index contributed by atoms with van der Waals surface area (Å²) in [5.41, 5.74) is 0.324. The Morgan fingerprint density at radius 2 is 1.88 bits per heavy atom. The fraction of sp³-hybridized carbons (Fsp3) is 0.263. The van der Waals surface area contributed by atoms with Gasteiger partial charge in [-0.2, -0.15) is 0 Å². The molecule has 1 heterocycles. The molecule has 4 nitrogen and oxygen atoms in total. The van der Waals surface area contributed by atoms with E-state index in [4.69, 9.17) is 4.74 Å². The van der Waals surface area contributed by atoms with Gasteiger partial charge in [0, 0.05) is 16.5 Å². The van der Waals surface area contributed by atoms with Gasteiger partial charge in [0.05, 0.1) is 19.1 Å². The number of carbonyl (C=O) groups excluding carboxylic acids is 2. The minimum Gasteiger partial charge on any atom is -0.496 e. The van der Waals surface area contributed by atoms with Crippen molar-refractivity contribution < 1.29 is 18.7 Å². The average molecular weight is 406 g/mol. The monoisotopic (exact) mass is 405 g/mol. The molecule has 0 spiro atoms. The van der Waals surface area contributed by atoms with Gasteiger partial charge in [0.15, 0.2) is 0 Å². The molecule has 0 aromatic heterocycles. The molecule has 0 N–H and O–H groups in total. The predicted octanol–water partition coefficient (Wildman–Crippen LogP) is 3.81. The molecular weight excluding hydrogens is 389 g/mol. The van der Waals surface area contributed by atoms with Crippen molar-refractivity contribution in [3.63, 3.8) is 0 Å². The second-order valence-corrected chi connectivity index (χ2v) is 7.17. The third-order valence-corrected chi connectivity index (χ3v) is 5.10. The van der Waals surface area contributed by atoms with Crippen molar-refractivity contribution in [2.45, 2.75) is 25.3 Å². The molecule has 2 aromatic carbocycles. The van der Waals surface area contributed by atoms with Gasteiger partial charge >= 0.3 is 0 Å². The van der Waals surface area contributed by atoms with Crippen LogP contribution in [0.25, 0.3) is 0 Å². The van der Waals surface area contributed by atoms with Crippen LogP contribution in [0.2, 0.25) is 0 Å². The zero-order valence-electron chi connectivity index (χ0n) is 13.9. The summed E-state index contributed by atoms with van der Waals surface area (Å²) in [6.45, 7) is 1.75. The lowest BCUT2D eigenvalue weighted by atomic mass is 9.81. The van der Waals surface area contributed by atoms with Gasteiger partial charge in [0.2, 0.25) is 11.8 Å². The van der Waals surface area contributed by atoms with E-state index in [2.05, 4.69) is 15.9 Å². The lowest BCUT2D eigenvalue weighted by Crippen LogP contribution is -2.36. The first kappa shape index (κ1) is 17.6. The molecule has 1 atom stereocenters. The van der Waals surface area contributed by atoms with Crippen LogP contribution in [0.5, 0.6) is 5.75 Å². The van der Waals surface area contributed by atoms with Crippen molar-refractivity contribution >= 4 is 27.7 Å². The van der Waals surface area contributed by atoms with Crippen LogP contribution in [0.15, 0.2) is 46.9 Å². The highest BCUT2D eigenvalue weighted by Gasteiger charge is 2.49. The van der Waals surface area contributed by atoms with E-state index in [1.165, 1.54) is 30.2 Å². The van der Waals surface area contributed by atoms with Crippen molar-refractivity contribution in [2.75, 3.05) is 7.11 Å². The second-order valence-electron chi connectivity index (χ2n) is 6.26. The number of carbonyl (C=O) groups is 2.